The number of hydrogen-bond donors (Lipinski definition) is 2. The van der Waals surface area contributed by atoms with Crippen LogP contribution in [0.2, 0.25) is 0 Å². The van der Waals surface area contributed by atoms with E-state index in [1.807, 2.05) is 0 Å². The third-order valence-electron chi connectivity index (χ3n) is 3.22. The highest BCUT2D eigenvalue weighted by atomic mass is 32.2. The molecule has 2 heterocycles. The number of thioether (sulfide) groups is 1. The number of aromatic nitrogens is 1. The first-order valence-electron chi connectivity index (χ1n) is 6.17. The van der Waals surface area contributed by atoms with E-state index in [4.69, 9.17) is 5.11 Å². The molecule has 1 aromatic rings. The third-order valence-corrected chi connectivity index (χ3v) is 4.75. The van der Waals surface area contributed by atoms with Gasteiger partial charge in [0.25, 0.3) is 0 Å². The Morgan fingerprint density at radius 2 is 2.37 bits per heavy atom. The second-order valence-electron chi connectivity index (χ2n) is 4.63. The van der Waals surface area contributed by atoms with Gasteiger partial charge in [-0.05, 0) is 30.2 Å². The van der Waals surface area contributed by atoms with E-state index in [-0.39, 0.29) is 17.3 Å². The summed E-state index contributed by atoms with van der Waals surface area (Å²) in [7, 11) is 0. The van der Waals surface area contributed by atoms with Gasteiger partial charge in [-0.2, -0.15) is 11.8 Å². The van der Waals surface area contributed by atoms with Gasteiger partial charge in [0, 0.05) is 17.9 Å². The highest BCUT2D eigenvalue weighted by Crippen LogP contribution is 2.34. The number of amides is 1. The Kier molecular flexibility index (Phi) is 4.42. The van der Waals surface area contributed by atoms with Gasteiger partial charge in [-0.25, -0.2) is 9.78 Å². The maximum absolute atomic E-state index is 11.9. The van der Waals surface area contributed by atoms with E-state index < -0.39 is 5.97 Å². The highest BCUT2D eigenvalue weighted by Gasteiger charge is 2.26. The summed E-state index contributed by atoms with van der Waals surface area (Å²) in [5.41, 5.74) is 0.0166. The number of aromatic carboxylic acids is 1. The largest absolute Gasteiger partial charge is 0.478 e. The molecule has 1 aromatic heterocycles. The Morgan fingerprint density at radius 3 is 3.00 bits per heavy atom. The van der Waals surface area contributed by atoms with E-state index in [9.17, 15) is 9.59 Å². The molecule has 6 heteroatoms. The Morgan fingerprint density at radius 1 is 1.58 bits per heavy atom. The molecule has 102 valence electrons. The molecule has 2 atom stereocenters. The van der Waals surface area contributed by atoms with Crippen LogP contribution in [0.25, 0.3) is 0 Å². The molecule has 5 nitrogen and oxygen atoms in total. The second kappa shape index (κ2) is 6.06. The van der Waals surface area contributed by atoms with Gasteiger partial charge >= 0.3 is 5.97 Å². The lowest BCUT2D eigenvalue weighted by molar-refractivity contribution is -0.116. The lowest BCUT2D eigenvalue weighted by Gasteiger charge is -2.14. The molecule has 1 saturated heterocycles. The Hall–Kier alpha value is -1.56. The molecule has 2 N–H and O–H groups in total. The summed E-state index contributed by atoms with van der Waals surface area (Å²) >= 11 is 1.80. The molecule has 2 rings (SSSR count). The zero-order valence-electron chi connectivity index (χ0n) is 10.6. The van der Waals surface area contributed by atoms with Crippen molar-refractivity contribution >= 4 is 29.5 Å². The lowest BCUT2D eigenvalue weighted by atomic mass is 10.0. The van der Waals surface area contributed by atoms with Gasteiger partial charge in [-0.15, -0.1) is 0 Å². The minimum atomic E-state index is -1.09. The maximum Gasteiger partial charge on any atom is 0.339 e. The number of carboxylic acids is 1. The molecule has 0 aromatic carbocycles. The van der Waals surface area contributed by atoms with Crippen LogP contribution in [0.5, 0.6) is 0 Å². The van der Waals surface area contributed by atoms with Crippen LogP contribution < -0.4 is 5.32 Å². The molecule has 1 fully saturated rings. The molecule has 0 aliphatic carbocycles. The average Bonchev–Trinajstić information content (AvgIpc) is 2.75. The average molecular weight is 280 g/mol. The molecule has 2 unspecified atom stereocenters. The second-order valence-corrected chi connectivity index (χ2v) is 5.98. The predicted molar refractivity (Wildman–Crippen MR) is 74.5 cm³/mol. The molecule has 0 saturated carbocycles. The van der Waals surface area contributed by atoms with Crippen molar-refractivity contribution in [1.29, 1.82) is 0 Å². The Bertz CT molecular complexity index is 493. The van der Waals surface area contributed by atoms with Crippen LogP contribution >= 0.6 is 11.8 Å². The minimum Gasteiger partial charge on any atom is -0.478 e. The summed E-state index contributed by atoms with van der Waals surface area (Å²) in [5, 5.41) is 11.9. The standard InChI is InChI=1S/C13H16N2O3S/c1-8-4-6-19-10(8)7-11(16)15-12-9(13(17)18)3-2-5-14-12/h2-3,5,8,10H,4,6-7H2,1H3,(H,17,18)(H,14,15,16). The molecule has 19 heavy (non-hydrogen) atoms. The van der Waals surface area contributed by atoms with Crippen LogP contribution in [0, 0.1) is 5.92 Å². The van der Waals surface area contributed by atoms with Crippen molar-refractivity contribution in [2.24, 2.45) is 5.92 Å². The van der Waals surface area contributed by atoms with Gasteiger partial charge < -0.3 is 10.4 Å². The predicted octanol–water partition coefficient (Wildman–Crippen LogP) is 2.25. The van der Waals surface area contributed by atoms with Gasteiger partial charge in [-0.1, -0.05) is 6.92 Å². The number of hydrogen-bond acceptors (Lipinski definition) is 4. The van der Waals surface area contributed by atoms with Crippen molar-refractivity contribution in [3.63, 3.8) is 0 Å². The highest BCUT2D eigenvalue weighted by molar-refractivity contribution is 8.00. The van der Waals surface area contributed by atoms with E-state index in [0.29, 0.717) is 17.6 Å². The maximum atomic E-state index is 11.9. The molecular weight excluding hydrogens is 264 g/mol. The van der Waals surface area contributed by atoms with Gasteiger partial charge in [0.15, 0.2) is 0 Å². The van der Waals surface area contributed by atoms with Crippen LogP contribution in [0.15, 0.2) is 18.3 Å². The lowest BCUT2D eigenvalue weighted by Crippen LogP contribution is -2.21. The van der Waals surface area contributed by atoms with Crippen LogP contribution in [0.4, 0.5) is 5.82 Å². The number of carbonyl (C=O) groups excluding carboxylic acids is 1. The van der Waals surface area contributed by atoms with Crippen molar-refractivity contribution in [2.45, 2.75) is 25.0 Å². The van der Waals surface area contributed by atoms with Gasteiger partial charge in [-0.3, -0.25) is 4.79 Å². The molecule has 1 aliphatic rings. The van der Waals surface area contributed by atoms with E-state index in [1.54, 1.807) is 11.8 Å². The molecule has 0 spiro atoms. The van der Waals surface area contributed by atoms with E-state index >= 15 is 0 Å². The van der Waals surface area contributed by atoms with Crippen molar-refractivity contribution in [3.8, 4) is 0 Å². The van der Waals surface area contributed by atoms with E-state index in [0.717, 1.165) is 12.2 Å². The Labute approximate surface area is 115 Å². The number of anilines is 1. The fourth-order valence-corrected chi connectivity index (χ4v) is 3.60. The van der Waals surface area contributed by atoms with Crippen molar-refractivity contribution in [3.05, 3.63) is 23.9 Å². The van der Waals surface area contributed by atoms with Crippen LogP contribution in [0.3, 0.4) is 0 Å². The van der Waals surface area contributed by atoms with Crippen LogP contribution in [-0.2, 0) is 4.79 Å². The molecule has 0 radical (unpaired) electrons. The van der Waals surface area contributed by atoms with E-state index in [2.05, 4.69) is 17.2 Å². The fourth-order valence-electron chi connectivity index (χ4n) is 2.06. The summed E-state index contributed by atoms with van der Waals surface area (Å²) in [6.45, 7) is 2.14. The van der Waals surface area contributed by atoms with Crippen molar-refractivity contribution < 1.29 is 14.7 Å². The topological polar surface area (TPSA) is 79.3 Å². The molecule has 1 amide bonds. The van der Waals surface area contributed by atoms with Gasteiger partial charge in [0.1, 0.15) is 11.4 Å². The number of pyridine rings is 1. The minimum absolute atomic E-state index is 0.0166. The number of carboxylic acid groups (broad SMARTS) is 1. The molecule has 1 aliphatic heterocycles. The smallest absolute Gasteiger partial charge is 0.339 e. The first-order valence-corrected chi connectivity index (χ1v) is 7.22. The first kappa shape index (κ1) is 13.9. The van der Waals surface area contributed by atoms with Crippen molar-refractivity contribution in [1.82, 2.24) is 4.98 Å². The van der Waals surface area contributed by atoms with Crippen LogP contribution in [-0.4, -0.2) is 33.0 Å². The fraction of sp³-hybridized carbons (Fsp3) is 0.462. The Balaban J connectivity index is 2.01. The zero-order valence-corrected chi connectivity index (χ0v) is 11.4. The number of carbonyl (C=O) groups is 2. The third kappa shape index (κ3) is 3.47. The summed E-state index contributed by atoms with van der Waals surface area (Å²) in [6.07, 6.45) is 3.00. The first-order chi connectivity index (χ1) is 9.08. The quantitative estimate of drug-likeness (QED) is 0.884. The van der Waals surface area contributed by atoms with E-state index in [1.165, 1.54) is 18.3 Å². The zero-order chi connectivity index (χ0) is 13.8. The molecule has 0 bridgehead atoms. The SMILES string of the molecule is CC1CCSC1CC(=O)Nc1ncccc1C(=O)O. The summed E-state index contributed by atoms with van der Waals surface area (Å²) < 4.78 is 0. The van der Waals surface area contributed by atoms with Crippen molar-refractivity contribution in [2.75, 3.05) is 11.1 Å². The normalized spacial score (nSPS) is 22.2. The van der Waals surface area contributed by atoms with Gasteiger partial charge in [0.2, 0.25) is 5.91 Å². The monoisotopic (exact) mass is 280 g/mol. The summed E-state index contributed by atoms with van der Waals surface area (Å²) in [5.74, 6) is 0.469. The summed E-state index contributed by atoms with van der Waals surface area (Å²) in [6, 6.07) is 2.96. The number of nitrogens with zero attached hydrogens (tertiary/aromatic N) is 1. The molecular formula is C13H16N2O3S. The number of rotatable bonds is 4. The summed E-state index contributed by atoms with van der Waals surface area (Å²) in [4.78, 5) is 26.8. The van der Waals surface area contributed by atoms with Gasteiger partial charge in [0.05, 0.1) is 0 Å². The van der Waals surface area contributed by atoms with Crippen LogP contribution in [0.1, 0.15) is 30.1 Å². The number of nitrogens with one attached hydrogen (secondary N) is 1.